The molecule has 2 N–H and O–H groups in total. The fourth-order valence-corrected chi connectivity index (χ4v) is 2.70. The van der Waals surface area contributed by atoms with Crippen LogP contribution in [0.1, 0.15) is 22.3 Å². The summed E-state index contributed by atoms with van der Waals surface area (Å²) in [6.45, 7) is 1.96. The van der Waals surface area contributed by atoms with E-state index in [1.165, 1.54) is 4.90 Å². The largest absolute Gasteiger partial charge is 0.482 e. The Morgan fingerprint density at radius 3 is 2.62 bits per heavy atom. The monoisotopic (exact) mass is 353 g/mol. The van der Waals surface area contributed by atoms with Crippen LogP contribution in [0.3, 0.4) is 0 Å². The normalized spacial score (nSPS) is 12.8. The van der Waals surface area contributed by atoms with E-state index >= 15 is 0 Å². The van der Waals surface area contributed by atoms with E-state index in [-0.39, 0.29) is 37.3 Å². The Morgan fingerprint density at radius 1 is 1.08 bits per heavy atom. The zero-order chi connectivity index (χ0) is 18.5. The van der Waals surface area contributed by atoms with Crippen LogP contribution in [0.15, 0.2) is 48.5 Å². The molecule has 7 nitrogen and oxygen atoms in total. The van der Waals surface area contributed by atoms with Gasteiger partial charge in [0.2, 0.25) is 5.91 Å². The Balaban J connectivity index is 1.54. The molecule has 0 radical (unpaired) electrons. The summed E-state index contributed by atoms with van der Waals surface area (Å²) in [6.07, 6.45) is 0.0497. The van der Waals surface area contributed by atoms with Gasteiger partial charge in [-0.3, -0.25) is 25.2 Å². The Hall–Kier alpha value is -3.35. The lowest BCUT2D eigenvalue weighted by atomic mass is 10.1. The molecule has 1 aliphatic heterocycles. The molecule has 3 amide bonds. The number of aryl methyl sites for hydroxylation is 1. The van der Waals surface area contributed by atoms with Crippen LogP contribution in [-0.4, -0.2) is 30.9 Å². The summed E-state index contributed by atoms with van der Waals surface area (Å²) >= 11 is 0. The highest BCUT2D eigenvalue weighted by molar-refractivity contribution is 5.99. The summed E-state index contributed by atoms with van der Waals surface area (Å²) in [4.78, 5) is 37.7. The van der Waals surface area contributed by atoms with Gasteiger partial charge in [-0.2, -0.15) is 0 Å². The van der Waals surface area contributed by atoms with E-state index in [1.807, 2.05) is 25.1 Å². The number of hydrogen-bond acceptors (Lipinski definition) is 4. The first kappa shape index (κ1) is 17.5. The van der Waals surface area contributed by atoms with Crippen LogP contribution in [0, 0.1) is 6.92 Å². The van der Waals surface area contributed by atoms with Gasteiger partial charge >= 0.3 is 0 Å². The highest BCUT2D eigenvalue weighted by Gasteiger charge is 2.25. The van der Waals surface area contributed by atoms with E-state index < -0.39 is 0 Å². The van der Waals surface area contributed by atoms with Crippen molar-refractivity contribution in [2.45, 2.75) is 13.3 Å². The molecule has 0 bridgehead atoms. The molecule has 2 aromatic rings. The number of nitrogens with zero attached hydrogens (tertiary/aromatic N) is 1. The van der Waals surface area contributed by atoms with Crippen molar-refractivity contribution in [1.29, 1.82) is 0 Å². The minimum atomic E-state index is -0.385. The quantitative estimate of drug-likeness (QED) is 0.817. The third kappa shape index (κ3) is 3.83. The molecule has 2 aromatic carbocycles. The van der Waals surface area contributed by atoms with Crippen LogP contribution in [0.4, 0.5) is 5.69 Å². The molecular weight excluding hydrogens is 334 g/mol. The van der Waals surface area contributed by atoms with Gasteiger partial charge in [0, 0.05) is 18.5 Å². The molecular formula is C19H19N3O4. The third-order valence-corrected chi connectivity index (χ3v) is 4.08. The zero-order valence-electron chi connectivity index (χ0n) is 14.3. The van der Waals surface area contributed by atoms with E-state index in [4.69, 9.17) is 4.74 Å². The summed E-state index contributed by atoms with van der Waals surface area (Å²) in [5.41, 5.74) is 6.71. The molecule has 0 spiro atoms. The summed E-state index contributed by atoms with van der Waals surface area (Å²) in [6, 6.07) is 14.3. The van der Waals surface area contributed by atoms with Gasteiger partial charge in [0.1, 0.15) is 5.75 Å². The third-order valence-electron chi connectivity index (χ3n) is 4.08. The van der Waals surface area contributed by atoms with Crippen molar-refractivity contribution >= 4 is 23.4 Å². The van der Waals surface area contributed by atoms with E-state index in [1.54, 1.807) is 30.3 Å². The summed E-state index contributed by atoms with van der Waals surface area (Å²) in [5.74, 6) is -0.367. The summed E-state index contributed by atoms with van der Waals surface area (Å²) in [5, 5.41) is 0. The maximum Gasteiger partial charge on any atom is 0.269 e. The number of carbonyl (C=O) groups is 3. The molecule has 0 aliphatic carbocycles. The van der Waals surface area contributed by atoms with Crippen molar-refractivity contribution in [1.82, 2.24) is 10.9 Å². The van der Waals surface area contributed by atoms with E-state index in [9.17, 15) is 14.4 Å². The molecule has 7 heteroatoms. The molecule has 1 aliphatic rings. The van der Waals surface area contributed by atoms with Crippen molar-refractivity contribution in [3.63, 3.8) is 0 Å². The molecule has 26 heavy (non-hydrogen) atoms. The zero-order valence-corrected chi connectivity index (χ0v) is 14.3. The molecule has 0 unspecified atom stereocenters. The van der Waals surface area contributed by atoms with Crippen molar-refractivity contribution in [3.05, 3.63) is 59.7 Å². The Labute approximate surface area is 150 Å². The van der Waals surface area contributed by atoms with Gasteiger partial charge in [0.25, 0.3) is 11.8 Å². The van der Waals surface area contributed by atoms with E-state index in [0.29, 0.717) is 17.0 Å². The van der Waals surface area contributed by atoms with Gasteiger partial charge < -0.3 is 9.64 Å². The molecule has 3 rings (SSSR count). The first-order valence-electron chi connectivity index (χ1n) is 8.23. The van der Waals surface area contributed by atoms with E-state index in [2.05, 4.69) is 10.9 Å². The first-order chi connectivity index (χ1) is 12.6. The van der Waals surface area contributed by atoms with Crippen LogP contribution in [0.5, 0.6) is 5.75 Å². The Kier molecular flexibility index (Phi) is 5.17. The highest BCUT2D eigenvalue weighted by atomic mass is 16.5. The molecule has 1 heterocycles. The maximum absolute atomic E-state index is 12.1. The van der Waals surface area contributed by atoms with Crippen molar-refractivity contribution in [2.24, 2.45) is 0 Å². The second-order valence-corrected chi connectivity index (χ2v) is 5.87. The van der Waals surface area contributed by atoms with Gasteiger partial charge in [-0.25, -0.2) is 0 Å². The lowest BCUT2D eigenvalue weighted by molar-refractivity contribution is -0.122. The second-order valence-electron chi connectivity index (χ2n) is 5.87. The van der Waals surface area contributed by atoms with Crippen LogP contribution in [0.2, 0.25) is 0 Å². The van der Waals surface area contributed by atoms with Crippen molar-refractivity contribution in [3.8, 4) is 5.75 Å². The Bertz CT molecular complexity index is 850. The number of nitrogens with one attached hydrogen (secondary N) is 2. The molecule has 0 atom stereocenters. The van der Waals surface area contributed by atoms with Crippen molar-refractivity contribution < 1.29 is 19.1 Å². The molecule has 0 fully saturated rings. The van der Waals surface area contributed by atoms with Crippen LogP contribution in [0.25, 0.3) is 0 Å². The number of hydrazine groups is 1. The standard InChI is InChI=1S/C19H19N3O4/c1-13-6-2-3-7-14(13)19(25)21-20-17(23)10-11-22-15-8-4-5-9-16(15)26-12-18(22)24/h2-9H,10-12H2,1H3,(H,20,23)(H,21,25). The van der Waals surface area contributed by atoms with Gasteiger partial charge in [0.15, 0.2) is 6.61 Å². The Morgan fingerprint density at radius 2 is 1.81 bits per heavy atom. The number of anilines is 1. The molecule has 0 saturated carbocycles. The van der Waals surface area contributed by atoms with Gasteiger partial charge in [-0.05, 0) is 30.7 Å². The van der Waals surface area contributed by atoms with Crippen LogP contribution >= 0.6 is 0 Å². The number of hydrogen-bond donors (Lipinski definition) is 2. The predicted octanol–water partition coefficient (Wildman–Crippen LogP) is 1.57. The van der Waals surface area contributed by atoms with Gasteiger partial charge in [-0.1, -0.05) is 30.3 Å². The fraction of sp³-hybridized carbons (Fsp3) is 0.211. The lowest BCUT2D eigenvalue weighted by Crippen LogP contribution is -2.45. The second kappa shape index (κ2) is 7.69. The lowest BCUT2D eigenvalue weighted by Gasteiger charge is -2.29. The van der Waals surface area contributed by atoms with Crippen LogP contribution in [-0.2, 0) is 9.59 Å². The maximum atomic E-state index is 12.1. The first-order valence-corrected chi connectivity index (χ1v) is 8.23. The number of para-hydroxylation sites is 2. The number of amides is 3. The molecule has 0 saturated heterocycles. The SMILES string of the molecule is Cc1ccccc1C(=O)NNC(=O)CCN1C(=O)COc2ccccc21. The van der Waals surface area contributed by atoms with Crippen LogP contribution < -0.4 is 20.5 Å². The molecule has 0 aromatic heterocycles. The van der Waals surface area contributed by atoms with E-state index in [0.717, 1.165) is 5.56 Å². The minimum Gasteiger partial charge on any atom is -0.482 e. The number of fused-ring (bicyclic) bond motifs is 1. The number of ether oxygens (including phenoxy) is 1. The number of carbonyl (C=O) groups excluding carboxylic acids is 3. The average Bonchev–Trinajstić information content (AvgIpc) is 2.65. The predicted molar refractivity (Wildman–Crippen MR) is 95.7 cm³/mol. The fourth-order valence-electron chi connectivity index (χ4n) is 2.70. The minimum absolute atomic E-state index is 0.0497. The summed E-state index contributed by atoms with van der Waals surface area (Å²) < 4.78 is 5.36. The smallest absolute Gasteiger partial charge is 0.269 e. The van der Waals surface area contributed by atoms with Gasteiger partial charge in [-0.15, -0.1) is 0 Å². The average molecular weight is 353 g/mol. The van der Waals surface area contributed by atoms with Gasteiger partial charge in [0.05, 0.1) is 5.69 Å². The molecule has 134 valence electrons. The number of benzene rings is 2. The number of rotatable bonds is 4. The summed E-state index contributed by atoms with van der Waals surface area (Å²) in [7, 11) is 0. The topological polar surface area (TPSA) is 87.7 Å². The van der Waals surface area contributed by atoms with Crippen molar-refractivity contribution in [2.75, 3.05) is 18.1 Å². The highest BCUT2D eigenvalue weighted by Crippen LogP contribution is 2.31.